The molecular weight excluding hydrogens is 300 g/mol. The Labute approximate surface area is 123 Å². The smallest absolute Gasteiger partial charge is 0.119 e. The maximum Gasteiger partial charge on any atom is 0.119 e. The molecule has 2 unspecified atom stereocenters. The Bertz CT molecular complexity index is 618. The van der Waals surface area contributed by atoms with Gasteiger partial charge in [0.1, 0.15) is 5.75 Å². The van der Waals surface area contributed by atoms with E-state index >= 15 is 0 Å². The molecule has 1 aliphatic carbocycles. The van der Waals surface area contributed by atoms with Crippen molar-refractivity contribution >= 4 is 26.7 Å². The second kappa shape index (κ2) is 4.52. The Kier molecular flexibility index (Phi) is 3.09. The Balaban J connectivity index is 1.94. The Hall–Kier alpha value is -1.02. The van der Waals surface area contributed by atoms with Crippen molar-refractivity contribution in [1.29, 1.82) is 0 Å². The summed E-state index contributed by atoms with van der Waals surface area (Å²) in [5, 5.41) is 2.51. The lowest BCUT2D eigenvalue weighted by Crippen LogP contribution is -1.98. The highest BCUT2D eigenvalue weighted by atomic mass is 79.9. The first-order valence-corrected chi connectivity index (χ1v) is 7.64. The number of alkyl halides is 1. The quantitative estimate of drug-likeness (QED) is 0.695. The van der Waals surface area contributed by atoms with E-state index in [-0.39, 0.29) is 0 Å². The van der Waals surface area contributed by atoms with E-state index in [0.717, 1.165) is 11.7 Å². The van der Waals surface area contributed by atoms with Crippen molar-refractivity contribution in [2.45, 2.75) is 25.1 Å². The van der Waals surface area contributed by atoms with Crippen molar-refractivity contribution in [3.8, 4) is 5.75 Å². The van der Waals surface area contributed by atoms with Crippen LogP contribution in [0, 0.1) is 11.3 Å². The number of rotatable bonds is 3. The first-order valence-electron chi connectivity index (χ1n) is 6.73. The lowest BCUT2D eigenvalue weighted by Gasteiger charge is -2.13. The molecule has 2 heteroatoms. The summed E-state index contributed by atoms with van der Waals surface area (Å²) in [6.07, 6.45) is 1.31. The van der Waals surface area contributed by atoms with Crippen LogP contribution in [0.25, 0.3) is 10.8 Å². The molecule has 2 aromatic rings. The maximum atomic E-state index is 5.27. The molecule has 19 heavy (non-hydrogen) atoms. The van der Waals surface area contributed by atoms with Crippen LogP contribution in [0.3, 0.4) is 0 Å². The molecule has 100 valence electrons. The van der Waals surface area contributed by atoms with Crippen LogP contribution in [0.2, 0.25) is 0 Å². The molecule has 2 atom stereocenters. The molecular formula is C17H19BrO. The molecule has 1 saturated carbocycles. The molecule has 0 radical (unpaired) electrons. The monoisotopic (exact) mass is 318 g/mol. The summed E-state index contributed by atoms with van der Waals surface area (Å²) in [6, 6.07) is 13.0. The predicted molar refractivity (Wildman–Crippen MR) is 84.1 cm³/mol. The summed E-state index contributed by atoms with van der Waals surface area (Å²) in [6.45, 7) is 4.69. The molecule has 0 amide bonds. The van der Waals surface area contributed by atoms with Gasteiger partial charge >= 0.3 is 0 Å². The number of methoxy groups -OCH3 is 1. The van der Waals surface area contributed by atoms with Gasteiger partial charge in [-0.05, 0) is 46.2 Å². The lowest BCUT2D eigenvalue weighted by atomic mass is 10.00. The van der Waals surface area contributed by atoms with Gasteiger partial charge in [-0.1, -0.05) is 54.0 Å². The highest BCUT2D eigenvalue weighted by Crippen LogP contribution is 2.60. The zero-order valence-electron chi connectivity index (χ0n) is 11.6. The number of halogens is 1. The maximum absolute atomic E-state index is 5.27. The van der Waals surface area contributed by atoms with E-state index in [1.165, 1.54) is 22.8 Å². The number of benzene rings is 2. The van der Waals surface area contributed by atoms with Crippen LogP contribution in [-0.4, -0.2) is 7.11 Å². The van der Waals surface area contributed by atoms with Gasteiger partial charge in [0.05, 0.1) is 7.11 Å². The third-order valence-corrected chi connectivity index (χ3v) is 5.50. The Morgan fingerprint density at radius 3 is 2.42 bits per heavy atom. The minimum absolute atomic E-state index is 0.467. The molecule has 2 aromatic carbocycles. The number of fused-ring (bicyclic) bond motifs is 1. The fraction of sp³-hybridized carbons (Fsp3) is 0.412. The van der Waals surface area contributed by atoms with E-state index in [0.29, 0.717) is 10.2 Å². The van der Waals surface area contributed by atoms with Crippen molar-refractivity contribution in [3.63, 3.8) is 0 Å². The third kappa shape index (κ3) is 2.38. The van der Waals surface area contributed by atoms with E-state index < -0.39 is 0 Å². The van der Waals surface area contributed by atoms with Gasteiger partial charge in [-0.25, -0.2) is 0 Å². The molecule has 0 bridgehead atoms. The van der Waals surface area contributed by atoms with Crippen molar-refractivity contribution in [2.75, 3.05) is 7.11 Å². The number of hydrogen-bond donors (Lipinski definition) is 0. The second-order valence-corrected chi connectivity index (χ2v) is 7.16. The van der Waals surface area contributed by atoms with E-state index in [1.54, 1.807) is 7.11 Å². The minimum Gasteiger partial charge on any atom is -0.497 e. The molecule has 0 heterocycles. The summed E-state index contributed by atoms with van der Waals surface area (Å²) < 4.78 is 5.27. The SMILES string of the molecule is COc1ccc2cc(C(Br)C3CC3(C)C)ccc2c1. The van der Waals surface area contributed by atoms with Gasteiger partial charge in [-0.15, -0.1) is 0 Å². The molecule has 0 N–H and O–H groups in total. The summed E-state index contributed by atoms with van der Waals surface area (Å²) in [5.74, 6) is 1.67. The predicted octanol–water partition coefficient (Wildman–Crippen LogP) is 5.33. The normalized spacial score (nSPS) is 22.2. The second-order valence-electron chi connectivity index (χ2n) is 6.17. The lowest BCUT2D eigenvalue weighted by molar-refractivity contribution is 0.415. The van der Waals surface area contributed by atoms with E-state index in [4.69, 9.17) is 4.74 Å². The summed E-state index contributed by atoms with van der Waals surface area (Å²) in [4.78, 5) is 0.467. The van der Waals surface area contributed by atoms with E-state index in [1.807, 2.05) is 6.07 Å². The van der Waals surface area contributed by atoms with Crippen LogP contribution in [-0.2, 0) is 0 Å². The van der Waals surface area contributed by atoms with Crippen molar-refractivity contribution in [1.82, 2.24) is 0 Å². The van der Waals surface area contributed by atoms with Crippen molar-refractivity contribution in [3.05, 3.63) is 42.0 Å². The minimum atomic E-state index is 0.467. The van der Waals surface area contributed by atoms with Gasteiger partial charge in [0.2, 0.25) is 0 Å². The van der Waals surface area contributed by atoms with Crippen LogP contribution in [0.4, 0.5) is 0 Å². The average Bonchev–Trinajstić information content (AvgIpc) is 3.05. The fourth-order valence-corrected chi connectivity index (χ4v) is 3.97. The molecule has 0 spiro atoms. The zero-order chi connectivity index (χ0) is 13.6. The van der Waals surface area contributed by atoms with Crippen molar-refractivity contribution < 1.29 is 4.74 Å². The van der Waals surface area contributed by atoms with Gasteiger partial charge in [-0.3, -0.25) is 0 Å². The Morgan fingerprint density at radius 1 is 1.16 bits per heavy atom. The Morgan fingerprint density at radius 2 is 1.79 bits per heavy atom. The molecule has 0 aromatic heterocycles. The van der Waals surface area contributed by atoms with Gasteiger partial charge in [0.15, 0.2) is 0 Å². The number of hydrogen-bond acceptors (Lipinski definition) is 1. The van der Waals surface area contributed by atoms with Gasteiger partial charge in [0, 0.05) is 4.83 Å². The topological polar surface area (TPSA) is 9.23 Å². The summed E-state index contributed by atoms with van der Waals surface area (Å²) in [5.41, 5.74) is 1.87. The number of ether oxygens (including phenoxy) is 1. The average molecular weight is 319 g/mol. The van der Waals surface area contributed by atoms with Gasteiger partial charge < -0.3 is 4.74 Å². The molecule has 0 saturated heterocycles. The van der Waals surface area contributed by atoms with E-state index in [2.05, 4.69) is 60.1 Å². The van der Waals surface area contributed by atoms with Crippen LogP contribution in [0.5, 0.6) is 5.75 Å². The van der Waals surface area contributed by atoms with Gasteiger partial charge in [0.25, 0.3) is 0 Å². The van der Waals surface area contributed by atoms with Gasteiger partial charge in [-0.2, -0.15) is 0 Å². The standard InChI is InChI=1S/C17H19BrO/c1-17(2)10-15(17)16(18)13-5-4-12-9-14(19-3)7-6-11(12)8-13/h4-9,15-16H,10H2,1-3H3. The zero-order valence-corrected chi connectivity index (χ0v) is 13.2. The van der Waals surface area contributed by atoms with E-state index in [9.17, 15) is 0 Å². The molecule has 0 aliphatic heterocycles. The first kappa shape index (κ1) is 13.0. The van der Waals surface area contributed by atoms with Crippen molar-refractivity contribution in [2.24, 2.45) is 11.3 Å². The first-order chi connectivity index (χ1) is 9.01. The third-order valence-electron chi connectivity index (χ3n) is 4.33. The molecule has 1 aliphatic rings. The summed E-state index contributed by atoms with van der Waals surface area (Å²) >= 11 is 3.88. The fourth-order valence-electron chi connectivity index (χ4n) is 2.78. The highest BCUT2D eigenvalue weighted by molar-refractivity contribution is 9.09. The van der Waals surface area contributed by atoms with Crippen LogP contribution in [0.15, 0.2) is 36.4 Å². The van der Waals surface area contributed by atoms with Crippen LogP contribution < -0.4 is 4.74 Å². The van der Waals surface area contributed by atoms with Crippen LogP contribution in [0.1, 0.15) is 30.7 Å². The molecule has 3 rings (SSSR count). The highest BCUT2D eigenvalue weighted by Gasteiger charge is 2.49. The van der Waals surface area contributed by atoms with Crippen LogP contribution >= 0.6 is 15.9 Å². The summed E-state index contributed by atoms with van der Waals surface area (Å²) in [7, 11) is 1.71. The molecule has 1 nitrogen and oxygen atoms in total. The molecule has 1 fully saturated rings. The largest absolute Gasteiger partial charge is 0.497 e.